The van der Waals surface area contributed by atoms with E-state index in [2.05, 4.69) is 59.7 Å². The number of nitrogens with zero attached hydrogens (tertiary/aromatic N) is 4. The summed E-state index contributed by atoms with van der Waals surface area (Å²) in [6, 6.07) is 14.6. The second kappa shape index (κ2) is 15.6. The number of benzene rings is 2. The van der Waals surface area contributed by atoms with Crippen LogP contribution in [0.5, 0.6) is 0 Å². The summed E-state index contributed by atoms with van der Waals surface area (Å²) in [6.07, 6.45) is 9.30. The van der Waals surface area contributed by atoms with E-state index >= 15 is 0 Å². The minimum Gasteiger partial charge on any atom is -0.444 e. The van der Waals surface area contributed by atoms with Gasteiger partial charge in [0.25, 0.3) is 0 Å². The van der Waals surface area contributed by atoms with Gasteiger partial charge in [-0.2, -0.15) is 0 Å². The average molecular weight is 683 g/mol. The molecule has 0 saturated carbocycles. The number of H-pyrrole nitrogens is 1. The molecule has 0 aliphatic carbocycles. The van der Waals surface area contributed by atoms with Crippen molar-refractivity contribution in [3.63, 3.8) is 0 Å². The van der Waals surface area contributed by atoms with Crippen molar-refractivity contribution in [3.8, 4) is 0 Å². The Morgan fingerprint density at radius 1 is 1.02 bits per heavy atom. The first-order chi connectivity index (χ1) is 23.7. The average Bonchev–Trinajstić information content (AvgIpc) is 3.62. The summed E-state index contributed by atoms with van der Waals surface area (Å²) >= 11 is 0. The third kappa shape index (κ3) is 10.1. The predicted octanol–water partition coefficient (Wildman–Crippen LogP) is 8.44. The number of rotatable bonds is 11. The van der Waals surface area contributed by atoms with Crippen LogP contribution in [0.25, 0.3) is 28.9 Å². The van der Waals surface area contributed by atoms with Crippen molar-refractivity contribution in [1.82, 2.24) is 25.1 Å². The highest BCUT2D eigenvalue weighted by molar-refractivity contribution is 6.01. The summed E-state index contributed by atoms with van der Waals surface area (Å²) < 4.78 is 11.4. The van der Waals surface area contributed by atoms with Gasteiger partial charge < -0.3 is 24.7 Å². The van der Waals surface area contributed by atoms with Crippen LogP contribution >= 0.6 is 0 Å². The molecule has 2 atom stereocenters. The van der Waals surface area contributed by atoms with Gasteiger partial charge in [-0.05, 0) is 96.6 Å². The number of hydrogen-bond donors (Lipinski definition) is 2. The number of allylic oxidation sites excluding steroid dienone is 1. The number of imidazole rings is 1. The van der Waals surface area contributed by atoms with E-state index in [-0.39, 0.29) is 24.3 Å². The number of nitrogens with one attached hydrogen (secondary N) is 2. The van der Waals surface area contributed by atoms with Crippen molar-refractivity contribution in [2.24, 2.45) is 4.99 Å². The highest BCUT2D eigenvalue weighted by Crippen LogP contribution is 2.28. The molecule has 0 spiro atoms. The van der Waals surface area contributed by atoms with Crippen LogP contribution in [0.15, 0.2) is 53.5 Å². The smallest absolute Gasteiger partial charge is 0.410 e. The molecular formula is C40H54N6O4. The van der Waals surface area contributed by atoms with Gasteiger partial charge in [-0.1, -0.05) is 61.9 Å². The van der Waals surface area contributed by atoms with Gasteiger partial charge in [0.2, 0.25) is 0 Å². The predicted molar refractivity (Wildman–Crippen MR) is 202 cm³/mol. The molecule has 10 heteroatoms. The zero-order valence-corrected chi connectivity index (χ0v) is 31.0. The lowest BCUT2D eigenvalue weighted by Gasteiger charge is -2.29. The third-order valence-corrected chi connectivity index (χ3v) is 8.51. The van der Waals surface area contributed by atoms with Crippen molar-refractivity contribution in [2.45, 2.75) is 111 Å². The molecule has 3 aromatic rings. The number of hydrogen-bond acceptors (Lipinski definition) is 7. The zero-order chi connectivity index (χ0) is 36.1. The van der Waals surface area contributed by atoms with Crippen molar-refractivity contribution >= 4 is 46.8 Å². The van der Waals surface area contributed by atoms with Gasteiger partial charge in [-0.3, -0.25) is 9.89 Å². The van der Waals surface area contributed by atoms with E-state index in [9.17, 15) is 9.59 Å². The molecule has 50 heavy (non-hydrogen) atoms. The van der Waals surface area contributed by atoms with Crippen molar-refractivity contribution < 1.29 is 19.1 Å². The van der Waals surface area contributed by atoms with Crippen LogP contribution in [-0.4, -0.2) is 80.6 Å². The van der Waals surface area contributed by atoms with Crippen molar-refractivity contribution in [2.75, 3.05) is 19.6 Å². The molecule has 2 aromatic carbocycles. The Morgan fingerprint density at radius 2 is 1.70 bits per heavy atom. The van der Waals surface area contributed by atoms with E-state index in [1.807, 2.05) is 71.6 Å². The van der Waals surface area contributed by atoms with E-state index in [4.69, 9.17) is 19.5 Å². The molecule has 2 aliphatic heterocycles. The largest absolute Gasteiger partial charge is 0.444 e. The molecule has 0 bridgehead atoms. The van der Waals surface area contributed by atoms with Gasteiger partial charge in [-0.15, -0.1) is 0 Å². The summed E-state index contributed by atoms with van der Waals surface area (Å²) in [4.78, 5) is 42.8. The molecule has 2 fully saturated rings. The number of unbranched alkanes of at least 4 members (excludes halogenated alkanes) is 1. The quantitative estimate of drug-likeness (QED) is 0.119. The summed E-state index contributed by atoms with van der Waals surface area (Å²) in [7, 11) is 0. The van der Waals surface area contributed by atoms with Crippen LogP contribution in [0.3, 0.4) is 0 Å². The lowest BCUT2D eigenvalue weighted by Crippen LogP contribution is -2.45. The van der Waals surface area contributed by atoms with Crippen molar-refractivity contribution in [3.05, 3.63) is 71.1 Å². The SMILES string of the molecule is C/C=C(\N=C(C1CN1)C1CCCN1C(=O)OC(C)(C)C)c1ccc(/C=C/c2ccc3nc(CN(CCCC)C(=O)OC(C)(C)C)[nH]c3c2)cc1. The molecule has 3 heterocycles. The molecule has 10 nitrogen and oxygen atoms in total. The maximum Gasteiger partial charge on any atom is 0.410 e. The van der Waals surface area contributed by atoms with Gasteiger partial charge in [0.15, 0.2) is 0 Å². The van der Waals surface area contributed by atoms with Gasteiger partial charge in [0, 0.05) is 19.6 Å². The van der Waals surface area contributed by atoms with Crippen LogP contribution < -0.4 is 5.32 Å². The van der Waals surface area contributed by atoms with Gasteiger partial charge in [-0.25, -0.2) is 14.6 Å². The number of carbonyl (C=O) groups is 2. The summed E-state index contributed by atoms with van der Waals surface area (Å²) in [5.74, 6) is 0.729. The number of aromatic nitrogens is 2. The van der Waals surface area contributed by atoms with Crippen LogP contribution in [0.1, 0.15) is 104 Å². The first kappa shape index (κ1) is 36.8. The number of ether oxygens (including phenoxy) is 2. The fourth-order valence-electron chi connectivity index (χ4n) is 6.01. The molecule has 1 aromatic heterocycles. The molecule has 5 rings (SSSR count). The Labute approximate surface area is 297 Å². The third-order valence-electron chi connectivity index (χ3n) is 8.51. The fourth-order valence-corrected chi connectivity index (χ4v) is 6.01. The number of aromatic amines is 1. The molecule has 268 valence electrons. The number of aliphatic imine (C=N–C) groups is 1. The van der Waals surface area contributed by atoms with E-state index in [1.165, 1.54) is 0 Å². The summed E-state index contributed by atoms with van der Waals surface area (Å²) in [5.41, 5.74) is 5.70. The number of likely N-dealkylation sites (tertiary alicyclic amines) is 1. The minimum atomic E-state index is -0.556. The van der Waals surface area contributed by atoms with Gasteiger partial charge in [0.05, 0.1) is 41.1 Å². The Hall–Kier alpha value is -4.44. The van der Waals surface area contributed by atoms with Gasteiger partial charge in [0.1, 0.15) is 17.0 Å². The summed E-state index contributed by atoms with van der Waals surface area (Å²) in [6.45, 7) is 18.0. The standard InChI is InChI=1S/C40H54N6O4/c1-9-11-22-45(37(47)49-39(3,4)5)26-35-42-31-21-18-28(24-32(31)43-35)15-14-27-16-19-29(20-17-27)30(10-2)44-36(33-25-41-33)34-13-12-23-46(34)38(48)50-40(6,7)8/h10,14-21,24,33-34,41H,9,11-13,22-23,25-26H2,1-8H3,(H,42,43)/b15-14+,30-10-,44-36?. The maximum atomic E-state index is 13.0. The molecule has 2 N–H and O–H groups in total. The van der Waals surface area contributed by atoms with Crippen LogP contribution in [0.2, 0.25) is 0 Å². The lowest BCUT2D eigenvalue weighted by molar-refractivity contribution is 0.0224. The first-order valence-electron chi connectivity index (χ1n) is 18.0. The fraction of sp³-hybridized carbons (Fsp3) is 0.500. The van der Waals surface area contributed by atoms with Gasteiger partial charge >= 0.3 is 12.2 Å². The monoisotopic (exact) mass is 682 g/mol. The highest BCUT2D eigenvalue weighted by atomic mass is 16.6. The van der Waals surface area contributed by atoms with Crippen LogP contribution in [0, 0.1) is 0 Å². The summed E-state index contributed by atoms with van der Waals surface area (Å²) in [5, 5.41) is 3.41. The molecule has 2 saturated heterocycles. The molecule has 0 radical (unpaired) electrons. The molecule has 2 amide bonds. The highest BCUT2D eigenvalue weighted by Gasteiger charge is 2.41. The Morgan fingerprint density at radius 3 is 2.34 bits per heavy atom. The van der Waals surface area contributed by atoms with E-state index in [0.717, 1.165) is 77.2 Å². The van der Waals surface area contributed by atoms with Crippen LogP contribution in [-0.2, 0) is 16.0 Å². The Bertz CT molecular complexity index is 1740. The Kier molecular flexibility index (Phi) is 11.5. The van der Waals surface area contributed by atoms with E-state index in [0.29, 0.717) is 19.6 Å². The first-order valence-corrected chi connectivity index (χ1v) is 18.0. The van der Waals surface area contributed by atoms with E-state index < -0.39 is 11.2 Å². The normalized spacial score (nSPS) is 18.6. The van der Waals surface area contributed by atoms with Crippen LogP contribution in [0.4, 0.5) is 9.59 Å². The minimum absolute atomic E-state index is 0.0738. The maximum absolute atomic E-state index is 13.0. The number of carbonyl (C=O) groups excluding carboxylic acids is 2. The van der Waals surface area contributed by atoms with Crippen molar-refractivity contribution in [1.29, 1.82) is 0 Å². The number of amides is 2. The second-order valence-electron chi connectivity index (χ2n) is 15.2. The van der Waals surface area contributed by atoms with E-state index in [1.54, 1.807) is 4.90 Å². The number of fused-ring (bicyclic) bond motifs is 1. The molecule has 2 aliphatic rings. The Balaban J connectivity index is 1.27. The molecular weight excluding hydrogens is 628 g/mol. The topological polar surface area (TPSA) is 122 Å². The molecule has 2 unspecified atom stereocenters. The lowest BCUT2D eigenvalue weighted by atomic mass is 10.0. The zero-order valence-electron chi connectivity index (χ0n) is 31.0. The second-order valence-corrected chi connectivity index (χ2v) is 15.2.